The summed E-state index contributed by atoms with van der Waals surface area (Å²) in [6.07, 6.45) is 2.07. The predicted octanol–water partition coefficient (Wildman–Crippen LogP) is 3.17. The van der Waals surface area contributed by atoms with E-state index in [9.17, 15) is 4.79 Å². The monoisotopic (exact) mass is 251 g/mol. The Balaban J connectivity index is 4.40. The van der Waals surface area contributed by atoms with E-state index in [1.807, 2.05) is 20.8 Å². The number of rotatable bonds is 6. The fraction of sp³-hybridized carbons (Fsp3) is 0.900. The quantitative estimate of drug-likeness (QED) is 0.561. The maximum Gasteiger partial charge on any atom is 0.411 e. The smallest absolute Gasteiger partial charge is 0.411 e. The maximum atomic E-state index is 11.7. The van der Waals surface area contributed by atoms with E-state index in [0.717, 1.165) is 19.3 Å². The summed E-state index contributed by atoms with van der Waals surface area (Å²) in [5.74, 6) is 0. The lowest BCUT2D eigenvalue weighted by Crippen LogP contribution is -2.42. The Morgan fingerprint density at radius 1 is 1.20 bits per heavy atom. The van der Waals surface area contributed by atoms with E-state index in [-0.39, 0.29) is 16.8 Å². The second-order valence-corrected chi connectivity index (χ2v) is 4.49. The molecule has 0 spiro atoms. The number of thiol groups is 2. The minimum atomic E-state index is -0.319. The van der Waals surface area contributed by atoms with Crippen LogP contribution in [0.15, 0.2) is 0 Å². The molecule has 0 saturated carbocycles. The molecule has 5 heteroatoms. The van der Waals surface area contributed by atoms with E-state index in [1.54, 1.807) is 4.90 Å². The molecule has 90 valence electrons. The Morgan fingerprint density at radius 2 is 1.67 bits per heavy atom. The summed E-state index contributed by atoms with van der Waals surface area (Å²) >= 11 is 8.71. The molecule has 15 heavy (non-hydrogen) atoms. The molecule has 0 rings (SSSR count). The van der Waals surface area contributed by atoms with Crippen LogP contribution in [0.2, 0.25) is 0 Å². The Kier molecular flexibility index (Phi) is 8.14. The van der Waals surface area contributed by atoms with Gasteiger partial charge < -0.3 is 4.74 Å². The third-order valence-corrected chi connectivity index (χ3v) is 3.24. The molecule has 2 unspecified atom stereocenters. The highest BCUT2D eigenvalue weighted by molar-refractivity contribution is 7.81. The number of carbonyl (C=O) groups excluding carboxylic acids is 1. The van der Waals surface area contributed by atoms with Gasteiger partial charge in [-0.2, -0.15) is 25.3 Å². The largest absolute Gasteiger partial charge is 0.449 e. The Bertz CT molecular complexity index is 180. The van der Waals surface area contributed by atoms with E-state index < -0.39 is 0 Å². The molecular weight excluding hydrogens is 230 g/mol. The van der Waals surface area contributed by atoms with Crippen molar-refractivity contribution in [2.24, 2.45) is 0 Å². The molecule has 0 aromatic rings. The summed E-state index contributed by atoms with van der Waals surface area (Å²) in [5.41, 5.74) is 0. The van der Waals surface area contributed by atoms with E-state index in [2.05, 4.69) is 25.3 Å². The summed E-state index contributed by atoms with van der Waals surface area (Å²) in [6.45, 7) is 6.37. The van der Waals surface area contributed by atoms with Crippen molar-refractivity contribution in [3.63, 3.8) is 0 Å². The summed E-state index contributed by atoms with van der Waals surface area (Å²) in [6, 6.07) is 0. The molecule has 3 nitrogen and oxygen atoms in total. The summed E-state index contributed by atoms with van der Waals surface area (Å²) < 4.78 is 5.09. The third kappa shape index (κ3) is 5.02. The van der Waals surface area contributed by atoms with Crippen LogP contribution in [0.3, 0.4) is 0 Å². The van der Waals surface area contributed by atoms with E-state index in [0.29, 0.717) is 6.61 Å². The predicted molar refractivity (Wildman–Crippen MR) is 69.6 cm³/mol. The van der Waals surface area contributed by atoms with Crippen molar-refractivity contribution < 1.29 is 9.53 Å². The number of hydrogen-bond acceptors (Lipinski definition) is 4. The van der Waals surface area contributed by atoms with Crippen molar-refractivity contribution in [3.8, 4) is 0 Å². The van der Waals surface area contributed by atoms with Crippen molar-refractivity contribution >= 4 is 31.4 Å². The van der Waals surface area contributed by atoms with Gasteiger partial charge in [0, 0.05) is 0 Å². The van der Waals surface area contributed by atoms with Gasteiger partial charge >= 0.3 is 6.09 Å². The zero-order valence-electron chi connectivity index (χ0n) is 9.64. The van der Waals surface area contributed by atoms with Crippen LogP contribution in [0.25, 0.3) is 0 Å². The maximum absolute atomic E-state index is 11.7. The normalized spacial score (nSPS) is 14.5. The molecule has 0 heterocycles. The molecule has 0 aliphatic rings. The standard InChI is InChI=1S/C10H21NO2S2/c1-4-7-13-10(12)11(8(14)5-2)9(15)6-3/h8-9,14-15H,4-7H2,1-3H3. The lowest BCUT2D eigenvalue weighted by atomic mass is 10.3. The van der Waals surface area contributed by atoms with Gasteiger partial charge in [-0.05, 0) is 19.3 Å². The first-order valence-corrected chi connectivity index (χ1v) is 6.42. The van der Waals surface area contributed by atoms with E-state index >= 15 is 0 Å². The van der Waals surface area contributed by atoms with Crippen LogP contribution in [0, 0.1) is 0 Å². The first kappa shape index (κ1) is 15.0. The number of nitrogens with zero attached hydrogens (tertiary/aromatic N) is 1. The fourth-order valence-electron chi connectivity index (χ4n) is 1.10. The third-order valence-electron chi connectivity index (χ3n) is 2.01. The lowest BCUT2D eigenvalue weighted by molar-refractivity contribution is 0.0939. The first-order chi connectivity index (χ1) is 7.08. The lowest BCUT2D eigenvalue weighted by Gasteiger charge is -2.31. The van der Waals surface area contributed by atoms with Gasteiger partial charge in [0.15, 0.2) is 0 Å². The summed E-state index contributed by atoms with van der Waals surface area (Å²) in [4.78, 5) is 13.3. The number of hydrogen-bond donors (Lipinski definition) is 2. The molecule has 0 bridgehead atoms. The van der Waals surface area contributed by atoms with Gasteiger partial charge in [-0.1, -0.05) is 20.8 Å². The van der Waals surface area contributed by atoms with Crippen molar-refractivity contribution in [2.45, 2.75) is 50.8 Å². The minimum Gasteiger partial charge on any atom is -0.449 e. The molecule has 0 fully saturated rings. The SMILES string of the molecule is CCCOC(=O)N(C(S)CC)C(S)CC. The highest BCUT2D eigenvalue weighted by Crippen LogP contribution is 2.18. The highest BCUT2D eigenvalue weighted by atomic mass is 32.1. The molecule has 0 radical (unpaired) electrons. The van der Waals surface area contributed by atoms with Crippen molar-refractivity contribution in [1.29, 1.82) is 0 Å². The fourth-order valence-corrected chi connectivity index (χ4v) is 1.71. The Labute approximate surface area is 103 Å². The van der Waals surface area contributed by atoms with Gasteiger partial charge in [0.05, 0.1) is 17.4 Å². The van der Waals surface area contributed by atoms with Gasteiger partial charge in [-0.15, -0.1) is 0 Å². The number of amides is 1. The Hall–Kier alpha value is -0.0300. The molecule has 0 aromatic carbocycles. The molecule has 0 N–H and O–H groups in total. The molecule has 0 saturated heterocycles. The second-order valence-electron chi connectivity index (χ2n) is 3.30. The molecule has 0 aliphatic heterocycles. The molecular formula is C10H21NO2S2. The van der Waals surface area contributed by atoms with Crippen LogP contribution in [0.4, 0.5) is 4.79 Å². The van der Waals surface area contributed by atoms with Crippen molar-refractivity contribution in [2.75, 3.05) is 6.61 Å². The van der Waals surface area contributed by atoms with E-state index in [4.69, 9.17) is 4.74 Å². The van der Waals surface area contributed by atoms with Crippen molar-refractivity contribution in [1.82, 2.24) is 4.90 Å². The van der Waals surface area contributed by atoms with Crippen molar-refractivity contribution in [3.05, 3.63) is 0 Å². The van der Waals surface area contributed by atoms with Gasteiger partial charge in [-0.3, -0.25) is 4.90 Å². The number of ether oxygens (including phenoxy) is 1. The van der Waals surface area contributed by atoms with Gasteiger partial charge in [0.25, 0.3) is 0 Å². The summed E-state index contributed by atoms with van der Waals surface area (Å²) in [7, 11) is 0. The van der Waals surface area contributed by atoms with E-state index in [1.165, 1.54) is 0 Å². The minimum absolute atomic E-state index is 0.128. The summed E-state index contributed by atoms with van der Waals surface area (Å²) in [5, 5.41) is -0.256. The molecule has 1 amide bonds. The van der Waals surface area contributed by atoms with Crippen LogP contribution in [0.5, 0.6) is 0 Å². The zero-order chi connectivity index (χ0) is 11.8. The topological polar surface area (TPSA) is 29.5 Å². The number of carbonyl (C=O) groups is 1. The van der Waals surface area contributed by atoms with Crippen LogP contribution < -0.4 is 0 Å². The highest BCUT2D eigenvalue weighted by Gasteiger charge is 2.25. The zero-order valence-corrected chi connectivity index (χ0v) is 11.4. The first-order valence-electron chi connectivity index (χ1n) is 5.39. The molecule has 0 aromatic heterocycles. The Morgan fingerprint density at radius 3 is 2.00 bits per heavy atom. The van der Waals surface area contributed by atoms with Crippen LogP contribution in [0.1, 0.15) is 40.0 Å². The van der Waals surface area contributed by atoms with Crippen LogP contribution in [-0.2, 0) is 4.74 Å². The average Bonchev–Trinajstić information content (AvgIpc) is 2.25. The average molecular weight is 251 g/mol. The van der Waals surface area contributed by atoms with Crippen LogP contribution >= 0.6 is 25.3 Å². The molecule has 0 aliphatic carbocycles. The van der Waals surface area contributed by atoms with Gasteiger partial charge in [0.2, 0.25) is 0 Å². The van der Waals surface area contributed by atoms with Crippen LogP contribution in [-0.4, -0.2) is 28.3 Å². The van der Waals surface area contributed by atoms with Gasteiger partial charge in [-0.25, -0.2) is 4.79 Å². The molecule has 2 atom stereocenters. The van der Waals surface area contributed by atoms with Gasteiger partial charge in [0.1, 0.15) is 0 Å². The second kappa shape index (κ2) is 8.16.